The first-order valence-corrected chi connectivity index (χ1v) is 5.42. The first kappa shape index (κ1) is 12.4. The fourth-order valence-corrected chi connectivity index (χ4v) is 1.39. The van der Waals surface area contributed by atoms with Crippen LogP contribution in [0.1, 0.15) is 6.92 Å². The van der Waals surface area contributed by atoms with Crippen molar-refractivity contribution in [3.8, 4) is 0 Å². The van der Waals surface area contributed by atoms with Gasteiger partial charge in [-0.2, -0.15) is 0 Å². The fraction of sp³-hybridized carbons (Fsp3) is 0.900. The number of rotatable bonds is 0. The summed E-state index contributed by atoms with van der Waals surface area (Å²) in [5.41, 5.74) is 0. The minimum absolute atomic E-state index is 0.151. The average molecular weight is 216 g/mol. The van der Waals surface area contributed by atoms with Crippen LogP contribution in [0.15, 0.2) is 0 Å². The van der Waals surface area contributed by atoms with Crippen molar-refractivity contribution in [1.82, 2.24) is 10.2 Å². The van der Waals surface area contributed by atoms with E-state index in [0.29, 0.717) is 13.2 Å². The van der Waals surface area contributed by atoms with Crippen LogP contribution in [0.2, 0.25) is 0 Å². The molecule has 2 fully saturated rings. The Balaban J connectivity index is 0.000000162. The molecule has 88 valence electrons. The van der Waals surface area contributed by atoms with E-state index in [1.54, 1.807) is 11.8 Å². The van der Waals surface area contributed by atoms with Crippen LogP contribution in [0.3, 0.4) is 0 Å². The summed E-state index contributed by atoms with van der Waals surface area (Å²) in [6, 6.07) is 0. The SMILES string of the molecule is C1COCCN1.CC(=O)N1CCOCC1. The Morgan fingerprint density at radius 3 is 1.87 bits per heavy atom. The zero-order valence-corrected chi connectivity index (χ0v) is 9.33. The zero-order valence-electron chi connectivity index (χ0n) is 9.33. The Morgan fingerprint density at radius 2 is 1.60 bits per heavy atom. The highest BCUT2D eigenvalue weighted by Gasteiger charge is 2.11. The van der Waals surface area contributed by atoms with Crippen molar-refractivity contribution in [3.05, 3.63) is 0 Å². The normalized spacial score (nSPS) is 21.5. The number of morpholine rings is 2. The Labute approximate surface area is 90.7 Å². The molecule has 0 saturated carbocycles. The second-order valence-corrected chi connectivity index (χ2v) is 3.48. The second-order valence-electron chi connectivity index (χ2n) is 3.48. The van der Waals surface area contributed by atoms with Crippen LogP contribution in [0, 0.1) is 0 Å². The molecule has 2 aliphatic rings. The lowest BCUT2D eigenvalue weighted by atomic mass is 10.4. The highest BCUT2D eigenvalue weighted by molar-refractivity contribution is 5.73. The van der Waals surface area contributed by atoms with E-state index >= 15 is 0 Å². The first-order valence-electron chi connectivity index (χ1n) is 5.42. The van der Waals surface area contributed by atoms with Crippen molar-refractivity contribution < 1.29 is 14.3 Å². The van der Waals surface area contributed by atoms with E-state index < -0.39 is 0 Å². The van der Waals surface area contributed by atoms with Crippen LogP contribution in [0.4, 0.5) is 0 Å². The van der Waals surface area contributed by atoms with Crippen molar-refractivity contribution in [3.63, 3.8) is 0 Å². The molecule has 0 aromatic carbocycles. The van der Waals surface area contributed by atoms with Crippen LogP contribution < -0.4 is 5.32 Å². The molecule has 15 heavy (non-hydrogen) atoms. The summed E-state index contributed by atoms with van der Waals surface area (Å²) in [5, 5.41) is 3.16. The first-order chi connectivity index (χ1) is 7.30. The van der Waals surface area contributed by atoms with Gasteiger partial charge in [0, 0.05) is 33.1 Å². The van der Waals surface area contributed by atoms with Gasteiger partial charge in [-0.25, -0.2) is 0 Å². The Morgan fingerprint density at radius 1 is 1.07 bits per heavy atom. The Kier molecular flexibility index (Phi) is 6.31. The lowest BCUT2D eigenvalue weighted by Gasteiger charge is -2.25. The Bertz CT molecular complexity index is 166. The van der Waals surface area contributed by atoms with Crippen molar-refractivity contribution >= 4 is 5.91 Å². The quantitative estimate of drug-likeness (QED) is 0.591. The summed E-state index contributed by atoms with van der Waals surface area (Å²) in [6.45, 7) is 8.33. The summed E-state index contributed by atoms with van der Waals surface area (Å²) in [4.78, 5) is 12.5. The summed E-state index contributed by atoms with van der Waals surface area (Å²) < 4.78 is 10.1. The van der Waals surface area contributed by atoms with Gasteiger partial charge in [0.2, 0.25) is 5.91 Å². The molecule has 0 spiro atoms. The summed E-state index contributed by atoms with van der Waals surface area (Å²) in [6.07, 6.45) is 0. The summed E-state index contributed by atoms with van der Waals surface area (Å²) in [7, 11) is 0. The van der Waals surface area contributed by atoms with Crippen molar-refractivity contribution in [2.24, 2.45) is 0 Å². The summed E-state index contributed by atoms with van der Waals surface area (Å²) >= 11 is 0. The van der Waals surface area contributed by atoms with Gasteiger partial charge in [-0.3, -0.25) is 4.79 Å². The topological polar surface area (TPSA) is 50.8 Å². The molecule has 0 aliphatic carbocycles. The molecule has 0 atom stereocenters. The highest BCUT2D eigenvalue weighted by atomic mass is 16.5. The van der Waals surface area contributed by atoms with Crippen LogP contribution in [-0.2, 0) is 14.3 Å². The molecular weight excluding hydrogens is 196 g/mol. The molecule has 2 rings (SSSR count). The van der Waals surface area contributed by atoms with E-state index in [-0.39, 0.29) is 5.91 Å². The zero-order chi connectivity index (χ0) is 10.9. The molecule has 0 unspecified atom stereocenters. The second kappa shape index (κ2) is 7.62. The fourth-order valence-electron chi connectivity index (χ4n) is 1.39. The van der Waals surface area contributed by atoms with Gasteiger partial charge in [0.25, 0.3) is 0 Å². The van der Waals surface area contributed by atoms with Gasteiger partial charge in [0.05, 0.1) is 26.4 Å². The number of nitrogens with one attached hydrogen (secondary N) is 1. The number of hydrogen-bond donors (Lipinski definition) is 1. The molecule has 5 heteroatoms. The predicted molar refractivity (Wildman–Crippen MR) is 56.8 cm³/mol. The van der Waals surface area contributed by atoms with Gasteiger partial charge in [-0.15, -0.1) is 0 Å². The van der Waals surface area contributed by atoms with E-state index in [2.05, 4.69) is 5.32 Å². The van der Waals surface area contributed by atoms with Gasteiger partial charge in [-0.1, -0.05) is 0 Å². The highest BCUT2D eigenvalue weighted by Crippen LogP contribution is 1.95. The monoisotopic (exact) mass is 216 g/mol. The third kappa shape index (κ3) is 5.71. The minimum atomic E-state index is 0.151. The van der Waals surface area contributed by atoms with Crippen LogP contribution >= 0.6 is 0 Å². The standard InChI is InChI=1S/C6H11NO2.C4H9NO/c1-6(8)7-2-4-9-5-3-7;1-3-6-4-2-5-1/h2-5H2,1H3;5H,1-4H2. The van der Waals surface area contributed by atoms with Crippen LogP contribution in [0.25, 0.3) is 0 Å². The molecule has 0 radical (unpaired) electrons. The van der Waals surface area contributed by atoms with Gasteiger partial charge >= 0.3 is 0 Å². The molecule has 1 N–H and O–H groups in total. The lowest BCUT2D eigenvalue weighted by molar-refractivity contribution is -0.132. The summed E-state index contributed by atoms with van der Waals surface area (Å²) in [5.74, 6) is 0.151. The Hall–Kier alpha value is -0.650. The molecule has 0 aromatic heterocycles. The third-order valence-electron chi connectivity index (χ3n) is 2.30. The van der Waals surface area contributed by atoms with E-state index in [4.69, 9.17) is 9.47 Å². The molecule has 2 saturated heterocycles. The van der Waals surface area contributed by atoms with Gasteiger partial charge in [-0.05, 0) is 0 Å². The van der Waals surface area contributed by atoms with Gasteiger partial charge in [0.15, 0.2) is 0 Å². The molecule has 1 amide bonds. The van der Waals surface area contributed by atoms with Crippen molar-refractivity contribution in [2.45, 2.75) is 6.92 Å². The van der Waals surface area contributed by atoms with Gasteiger partial charge in [0.1, 0.15) is 0 Å². The third-order valence-corrected chi connectivity index (χ3v) is 2.30. The van der Waals surface area contributed by atoms with Gasteiger partial charge < -0.3 is 19.7 Å². The average Bonchev–Trinajstić information content (AvgIpc) is 2.33. The number of ether oxygens (including phenoxy) is 2. The van der Waals surface area contributed by atoms with E-state index in [1.807, 2.05) is 0 Å². The molecular formula is C10H20N2O3. The maximum absolute atomic E-state index is 10.7. The molecule has 2 heterocycles. The van der Waals surface area contributed by atoms with Crippen LogP contribution in [0.5, 0.6) is 0 Å². The number of hydrogen-bond acceptors (Lipinski definition) is 4. The van der Waals surface area contributed by atoms with Crippen molar-refractivity contribution in [2.75, 3.05) is 52.6 Å². The van der Waals surface area contributed by atoms with E-state index in [0.717, 1.165) is 39.4 Å². The van der Waals surface area contributed by atoms with E-state index in [9.17, 15) is 4.79 Å². The molecule has 0 aromatic rings. The molecule has 0 bridgehead atoms. The van der Waals surface area contributed by atoms with Crippen LogP contribution in [-0.4, -0.2) is 63.4 Å². The maximum atomic E-state index is 10.7. The molecule has 2 aliphatic heterocycles. The lowest BCUT2D eigenvalue weighted by Crippen LogP contribution is -2.39. The smallest absolute Gasteiger partial charge is 0.219 e. The number of amides is 1. The minimum Gasteiger partial charge on any atom is -0.379 e. The maximum Gasteiger partial charge on any atom is 0.219 e. The predicted octanol–water partition coefficient (Wildman–Crippen LogP) is -0.529. The number of carbonyl (C=O) groups is 1. The molecule has 5 nitrogen and oxygen atoms in total. The largest absolute Gasteiger partial charge is 0.379 e. The number of nitrogens with zero attached hydrogens (tertiary/aromatic N) is 1. The van der Waals surface area contributed by atoms with Crippen molar-refractivity contribution in [1.29, 1.82) is 0 Å². The number of carbonyl (C=O) groups excluding carboxylic acids is 1. The van der Waals surface area contributed by atoms with E-state index in [1.165, 1.54) is 0 Å².